The molecule has 2 atom stereocenters. The molecule has 0 bridgehead atoms. The lowest BCUT2D eigenvalue weighted by Crippen LogP contribution is -2.20. The van der Waals surface area contributed by atoms with E-state index in [0.717, 1.165) is 41.7 Å². The smallest absolute Gasteiger partial charge is 0.120 e. The van der Waals surface area contributed by atoms with Crippen LogP contribution in [0.5, 0.6) is 11.5 Å². The quantitative estimate of drug-likeness (QED) is 0.151. The van der Waals surface area contributed by atoms with Crippen LogP contribution in [0, 0.1) is 0 Å². The first-order valence-corrected chi connectivity index (χ1v) is 16.3. The summed E-state index contributed by atoms with van der Waals surface area (Å²) in [5.41, 5.74) is 9.11. The Labute approximate surface area is 268 Å². The van der Waals surface area contributed by atoms with E-state index in [9.17, 15) is 0 Å². The molecule has 3 nitrogen and oxygen atoms in total. The van der Waals surface area contributed by atoms with Crippen LogP contribution in [0.3, 0.4) is 0 Å². The van der Waals surface area contributed by atoms with Crippen LogP contribution in [0.4, 0.5) is 0 Å². The standard InChI is InChI=1S/C40H36BrNO2/c41-33-16-22-39-32(24-33)25-34(42-39)12-7-23-43-35-17-13-30(14-18-35)40-37(29-10-5-2-6-11-29)20-15-31-26-36(19-21-38(31)40)44-27-28-8-3-1-4-9-28/h1-6,8-11,13-14,16-19,21-22,24-26,37,40,42H,7,12,15,20,23,27H2/t37-,40+/m1/s1. The number of aromatic amines is 1. The lowest BCUT2D eigenvalue weighted by atomic mass is 9.69. The van der Waals surface area contributed by atoms with Gasteiger partial charge in [0.2, 0.25) is 0 Å². The van der Waals surface area contributed by atoms with E-state index in [4.69, 9.17) is 9.47 Å². The Morgan fingerprint density at radius 1 is 0.705 bits per heavy atom. The summed E-state index contributed by atoms with van der Waals surface area (Å²) in [6.07, 6.45) is 4.06. The number of fused-ring (bicyclic) bond motifs is 2. The Hall–Kier alpha value is -4.28. The number of ether oxygens (including phenoxy) is 2. The molecule has 0 saturated heterocycles. The average Bonchev–Trinajstić information content (AvgIpc) is 3.48. The zero-order valence-corrected chi connectivity index (χ0v) is 26.3. The summed E-state index contributed by atoms with van der Waals surface area (Å²) in [5, 5.41) is 1.24. The summed E-state index contributed by atoms with van der Waals surface area (Å²) in [6.45, 7) is 1.26. The van der Waals surface area contributed by atoms with Gasteiger partial charge in [-0.1, -0.05) is 94.8 Å². The molecule has 5 aromatic carbocycles. The third-order valence-electron chi connectivity index (χ3n) is 8.79. The van der Waals surface area contributed by atoms with Crippen LogP contribution in [-0.2, 0) is 19.4 Å². The molecule has 0 radical (unpaired) electrons. The third-order valence-corrected chi connectivity index (χ3v) is 9.28. The van der Waals surface area contributed by atoms with Crippen molar-refractivity contribution in [1.29, 1.82) is 0 Å². The molecule has 0 saturated carbocycles. The topological polar surface area (TPSA) is 34.2 Å². The van der Waals surface area contributed by atoms with Gasteiger partial charge in [-0.15, -0.1) is 0 Å². The molecule has 0 fully saturated rings. The van der Waals surface area contributed by atoms with Crippen molar-refractivity contribution in [3.8, 4) is 11.5 Å². The van der Waals surface area contributed by atoms with Crippen LogP contribution in [-0.4, -0.2) is 11.6 Å². The highest BCUT2D eigenvalue weighted by Crippen LogP contribution is 2.47. The van der Waals surface area contributed by atoms with Crippen molar-refractivity contribution in [2.45, 2.75) is 44.1 Å². The Balaban J connectivity index is 1.05. The Morgan fingerprint density at radius 3 is 2.30 bits per heavy atom. The normalized spacial score (nSPS) is 16.0. The molecule has 1 aliphatic carbocycles. The van der Waals surface area contributed by atoms with Gasteiger partial charge < -0.3 is 14.5 Å². The highest BCUT2D eigenvalue weighted by Gasteiger charge is 2.32. The summed E-state index contributed by atoms with van der Waals surface area (Å²) < 4.78 is 13.5. The number of hydrogen-bond donors (Lipinski definition) is 1. The van der Waals surface area contributed by atoms with Gasteiger partial charge in [0, 0.05) is 27.0 Å². The molecule has 6 aromatic rings. The van der Waals surface area contributed by atoms with Gasteiger partial charge in [-0.05, 0) is 108 Å². The van der Waals surface area contributed by atoms with Crippen molar-refractivity contribution >= 4 is 26.8 Å². The van der Waals surface area contributed by atoms with E-state index in [1.807, 2.05) is 6.07 Å². The maximum Gasteiger partial charge on any atom is 0.120 e. The molecule has 1 N–H and O–H groups in total. The number of benzene rings is 5. The molecule has 7 rings (SSSR count). The van der Waals surface area contributed by atoms with Crippen molar-refractivity contribution in [3.63, 3.8) is 0 Å². The minimum absolute atomic E-state index is 0.278. The zero-order valence-electron chi connectivity index (χ0n) is 24.7. The fourth-order valence-electron chi connectivity index (χ4n) is 6.62. The first-order chi connectivity index (χ1) is 21.7. The fraction of sp³-hybridized carbons (Fsp3) is 0.200. The Kier molecular flexibility index (Phi) is 8.52. The van der Waals surface area contributed by atoms with Gasteiger partial charge in [0.1, 0.15) is 18.1 Å². The molecule has 220 valence electrons. The second-order valence-corrected chi connectivity index (χ2v) is 12.6. The second kappa shape index (κ2) is 13.2. The molecule has 1 heterocycles. The summed E-state index contributed by atoms with van der Waals surface area (Å²) in [6, 6.07) is 45.4. The number of halogens is 1. The predicted molar refractivity (Wildman–Crippen MR) is 183 cm³/mol. The molecule has 0 unspecified atom stereocenters. The fourth-order valence-corrected chi connectivity index (χ4v) is 7.00. The van der Waals surface area contributed by atoms with Gasteiger partial charge in [-0.3, -0.25) is 0 Å². The summed E-state index contributed by atoms with van der Waals surface area (Å²) in [5.74, 6) is 2.56. The van der Waals surface area contributed by atoms with Crippen molar-refractivity contribution in [2.24, 2.45) is 0 Å². The number of nitrogens with one attached hydrogen (secondary N) is 1. The van der Waals surface area contributed by atoms with E-state index in [2.05, 4.69) is 142 Å². The van der Waals surface area contributed by atoms with Gasteiger partial charge >= 0.3 is 0 Å². The maximum absolute atomic E-state index is 6.20. The molecular formula is C40H36BrNO2. The molecule has 4 heteroatoms. The van der Waals surface area contributed by atoms with Crippen molar-refractivity contribution in [2.75, 3.05) is 6.61 Å². The van der Waals surface area contributed by atoms with E-state index in [1.165, 1.54) is 44.4 Å². The predicted octanol–water partition coefficient (Wildman–Crippen LogP) is 10.4. The van der Waals surface area contributed by atoms with Gasteiger partial charge in [0.25, 0.3) is 0 Å². The number of aryl methyl sites for hydroxylation is 2. The Morgan fingerprint density at radius 2 is 1.48 bits per heavy atom. The lowest BCUT2D eigenvalue weighted by molar-refractivity contribution is 0.305. The van der Waals surface area contributed by atoms with Crippen LogP contribution < -0.4 is 9.47 Å². The van der Waals surface area contributed by atoms with Crippen LogP contribution in [0.1, 0.15) is 58.2 Å². The minimum Gasteiger partial charge on any atom is -0.494 e. The third kappa shape index (κ3) is 6.46. The number of rotatable bonds is 10. The van der Waals surface area contributed by atoms with E-state index < -0.39 is 0 Å². The van der Waals surface area contributed by atoms with Crippen molar-refractivity contribution < 1.29 is 9.47 Å². The molecule has 0 spiro atoms. The molecule has 1 aliphatic rings. The van der Waals surface area contributed by atoms with E-state index >= 15 is 0 Å². The highest BCUT2D eigenvalue weighted by atomic mass is 79.9. The molecular weight excluding hydrogens is 606 g/mol. The largest absolute Gasteiger partial charge is 0.494 e. The van der Waals surface area contributed by atoms with Gasteiger partial charge in [0.05, 0.1) is 6.61 Å². The average molecular weight is 643 g/mol. The highest BCUT2D eigenvalue weighted by molar-refractivity contribution is 9.10. The maximum atomic E-state index is 6.20. The first-order valence-electron chi connectivity index (χ1n) is 15.5. The van der Waals surface area contributed by atoms with E-state index in [-0.39, 0.29) is 5.92 Å². The summed E-state index contributed by atoms with van der Waals surface area (Å²) in [7, 11) is 0. The SMILES string of the molecule is Brc1ccc2[nH]c(CCCOc3ccc([C@@H]4c5ccc(OCc6ccccc6)cc5CC[C@@H]4c4ccccc4)cc3)cc2c1. The zero-order chi connectivity index (χ0) is 29.7. The van der Waals surface area contributed by atoms with Gasteiger partial charge in [-0.25, -0.2) is 0 Å². The minimum atomic E-state index is 0.278. The molecule has 0 amide bonds. The monoisotopic (exact) mass is 641 g/mol. The molecule has 0 aliphatic heterocycles. The van der Waals surface area contributed by atoms with E-state index in [0.29, 0.717) is 19.1 Å². The van der Waals surface area contributed by atoms with Crippen LogP contribution in [0.15, 0.2) is 132 Å². The number of aromatic nitrogens is 1. The van der Waals surface area contributed by atoms with Crippen molar-refractivity contribution in [3.05, 3.63) is 165 Å². The lowest BCUT2D eigenvalue weighted by Gasteiger charge is -2.35. The number of hydrogen-bond acceptors (Lipinski definition) is 2. The second-order valence-electron chi connectivity index (χ2n) is 11.7. The summed E-state index contributed by atoms with van der Waals surface area (Å²) >= 11 is 3.56. The van der Waals surface area contributed by atoms with Gasteiger partial charge in [-0.2, -0.15) is 0 Å². The van der Waals surface area contributed by atoms with E-state index in [1.54, 1.807) is 0 Å². The van der Waals surface area contributed by atoms with Gasteiger partial charge in [0.15, 0.2) is 0 Å². The Bertz CT molecular complexity index is 1830. The number of H-pyrrole nitrogens is 1. The summed E-state index contributed by atoms with van der Waals surface area (Å²) in [4.78, 5) is 3.52. The van der Waals surface area contributed by atoms with Crippen LogP contribution in [0.2, 0.25) is 0 Å². The van der Waals surface area contributed by atoms with Crippen molar-refractivity contribution in [1.82, 2.24) is 4.98 Å². The molecule has 44 heavy (non-hydrogen) atoms. The van der Waals surface area contributed by atoms with Crippen LogP contribution in [0.25, 0.3) is 10.9 Å². The molecule has 1 aromatic heterocycles. The first kappa shape index (κ1) is 28.5. The van der Waals surface area contributed by atoms with Crippen LogP contribution >= 0.6 is 15.9 Å².